The van der Waals surface area contributed by atoms with E-state index in [2.05, 4.69) is 4.98 Å². The first-order chi connectivity index (χ1) is 11.3. The van der Waals surface area contributed by atoms with Crippen LogP contribution in [0.4, 0.5) is 0 Å². The van der Waals surface area contributed by atoms with Crippen molar-refractivity contribution in [2.75, 3.05) is 26.8 Å². The number of aliphatic hydroxyl groups excluding tert-OH is 2. The van der Waals surface area contributed by atoms with Gasteiger partial charge in [0.15, 0.2) is 0 Å². The van der Waals surface area contributed by atoms with E-state index < -0.39 is 5.41 Å². The number of likely N-dealkylation sites (N-methyl/N-ethyl adjacent to an activating group) is 1. The van der Waals surface area contributed by atoms with Gasteiger partial charge >= 0.3 is 0 Å². The number of amides is 1. The van der Waals surface area contributed by atoms with Crippen LogP contribution >= 0.6 is 0 Å². The van der Waals surface area contributed by atoms with Crippen LogP contribution in [0.1, 0.15) is 23.7 Å². The zero-order valence-corrected chi connectivity index (χ0v) is 14.8. The highest BCUT2D eigenvalue weighted by Crippen LogP contribution is 2.24. The second-order valence-electron chi connectivity index (χ2n) is 6.87. The zero-order chi connectivity index (χ0) is 17.9. The van der Waals surface area contributed by atoms with Crippen LogP contribution in [0.25, 0.3) is 10.9 Å². The molecule has 1 aromatic carbocycles. The predicted octanol–water partition coefficient (Wildman–Crippen LogP) is 1.84. The maximum Gasteiger partial charge on any atom is 0.226 e. The second-order valence-corrected chi connectivity index (χ2v) is 6.87. The molecule has 0 bridgehead atoms. The smallest absolute Gasteiger partial charge is 0.226 e. The maximum absolute atomic E-state index is 12.6. The molecule has 5 nitrogen and oxygen atoms in total. The van der Waals surface area contributed by atoms with Crippen molar-refractivity contribution in [3.05, 3.63) is 41.1 Å². The third-order valence-electron chi connectivity index (χ3n) is 4.62. The molecule has 0 radical (unpaired) electrons. The number of aromatic nitrogens is 1. The summed E-state index contributed by atoms with van der Waals surface area (Å²) >= 11 is 0. The first kappa shape index (κ1) is 18.4. The first-order valence-electron chi connectivity index (χ1n) is 8.12. The summed E-state index contributed by atoms with van der Waals surface area (Å²) in [7, 11) is 1.70. The van der Waals surface area contributed by atoms with Gasteiger partial charge in [0.1, 0.15) is 0 Å². The Kier molecular flexibility index (Phi) is 5.57. The van der Waals surface area contributed by atoms with E-state index >= 15 is 0 Å². The lowest BCUT2D eigenvalue weighted by atomic mass is 9.92. The van der Waals surface area contributed by atoms with Gasteiger partial charge in [0, 0.05) is 30.1 Å². The fourth-order valence-corrected chi connectivity index (χ4v) is 2.93. The molecule has 24 heavy (non-hydrogen) atoms. The largest absolute Gasteiger partial charge is 0.396 e. The van der Waals surface area contributed by atoms with Crippen LogP contribution in [0, 0.1) is 19.3 Å². The lowest BCUT2D eigenvalue weighted by Crippen LogP contribution is -2.42. The number of aryl methyl sites for hydroxylation is 2. The number of nitrogens with zero attached hydrogens (tertiary/aromatic N) is 2. The molecule has 0 unspecified atom stereocenters. The van der Waals surface area contributed by atoms with Gasteiger partial charge in [-0.3, -0.25) is 9.78 Å². The van der Waals surface area contributed by atoms with Gasteiger partial charge in [-0.2, -0.15) is 0 Å². The van der Waals surface area contributed by atoms with E-state index in [0.717, 1.165) is 27.7 Å². The van der Waals surface area contributed by atoms with E-state index in [1.807, 2.05) is 38.1 Å². The van der Waals surface area contributed by atoms with E-state index in [0.29, 0.717) is 6.54 Å². The summed E-state index contributed by atoms with van der Waals surface area (Å²) in [6, 6.07) is 7.92. The summed E-state index contributed by atoms with van der Waals surface area (Å²) < 4.78 is 0. The van der Waals surface area contributed by atoms with E-state index in [4.69, 9.17) is 0 Å². The molecule has 2 N–H and O–H groups in total. The summed E-state index contributed by atoms with van der Waals surface area (Å²) in [6.07, 6.45) is 0.263. The fourth-order valence-electron chi connectivity index (χ4n) is 2.93. The van der Waals surface area contributed by atoms with E-state index in [1.165, 1.54) is 0 Å². The Morgan fingerprint density at radius 1 is 1.21 bits per heavy atom. The molecule has 1 amide bonds. The quantitative estimate of drug-likeness (QED) is 0.848. The molecule has 2 aromatic rings. The lowest BCUT2D eigenvalue weighted by Gasteiger charge is -2.30. The van der Waals surface area contributed by atoms with Crippen molar-refractivity contribution >= 4 is 16.8 Å². The first-order valence-corrected chi connectivity index (χ1v) is 8.12. The molecule has 0 aliphatic rings. The molecular formula is C19H26N2O3. The topological polar surface area (TPSA) is 73.7 Å². The van der Waals surface area contributed by atoms with Crippen LogP contribution in [0.5, 0.6) is 0 Å². The summed E-state index contributed by atoms with van der Waals surface area (Å²) in [5.74, 6) is -0.0496. The van der Waals surface area contributed by atoms with Crippen molar-refractivity contribution < 1.29 is 15.0 Å². The molecule has 0 saturated carbocycles. The number of hydrogen-bond acceptors (Lipinski definition) is 4. The Morgan fingerprint density at radius 2 is 1.83 bits per heavy atom. The summed E-state index contributed by atoms with van der Waals surface area (Å²) in [5, 5.41) is 19.9. The van der Waals surface area contributed by atoms with Gasteiger partial charge in [-0.1, -0.05) is 25.1 Å². The SMILES string of the molecule is Cc1nc2ccccc2c(C)c1CC(=O)N(C)CC(C)(CO)CO. The fraction of sp³-hybridized carbons (Fsp3) is 0.474. The van der Waals surface area contributed by atoms with Crippen molar-refractivity contribution in [2.45, 2.75) is 27.2 Å². The average Bonchev–Trinajstić information content (AvgIpc) is 2.58. The monoisotopic (exact) mass is 330 g/mol. The predicted molar refractivity (Wildman–Crippen MR) is 94.8 cm³/mol. The molecule has 0 fully saturated rings. The van der Waals surface area contributed by atoms with Crippen molar-refractivity contribution in [2.24, 2.45) is 5.41 Å². The van der Waals surface area contributed by atoms with Crippen molar-refractivity contribution in [1.29, 1.82) is 0 Å². The van der Waals surface area contributed by atoms with Gasteiger partial charge in [-0.25, -0.2) is 0 Å². The Hall–Kier alpha value is -1.98. The minimum Gasteiger partial charge on any atom is -0.396 e. The number of rotatable bonds is 6. The Bertz CT molecular complexity index is 739. The number of pyridine rings is 1. The van der Waals surface area contributed by atoms with Gasteiger partial charge in [-0.05, 0) is 31.0 Å². The van der Waals surface area contributed by atoms with Crippen molar-refractivity contribution in [3.63, 3.8) is 0 Å². The summed E-state index contributed by atoms with van der Waals surface area (Å²) in [4.78, 5) is 18.8. The highest BCUT2D eigenvalue weighted by molar-refractivity contribution is 5.86. The molecule has 1 aromatic heterocycles. The third kappa shape index (κ3) is 3.74. The molecular weight excluding hydrogens is 304 g/mol. The minimum absolute atomic E-state index is 0.0496. The zero-order valence-electron chi connectivity index (χ0n) is 14.8. The molecule has 5 heteroatoms. The van der Waals surface area contributed by atoms with Gasteiger partial charge in [0.05, 0.1) is 25.2 Å². The Labute approximate surface area is 142 Å². The number of para-hydroxylation sites is 1. The van der Waals surface area contributed by atoms with Crippen molar-refractivity contribution in [1.82, 2.24) is 9.88 Å². The molecule has 1 heterocycles. The Morgan fingerprint density at radius 3 is 2.46 bits per heavy atom. The minimum atomic E-state index is -0.698. The lowest BCUT2D eigenvalue weighted by molar-refractivity contribution is -0.131. The standard InChI is InChI=1S/C19H26N2O3/c1-13-15-7-5-6-8-17(15)20-14(2)16(13)9-18(24)21(4)10-19(3,11-22)12-23/h5-8,22-23H,9-12H2,1-4H3. The summed E-state index contributed by atoms with van der Waals surface area (Å²) in [5.41, 5.74) is 3.12. The molecule has 2 rings (SSSR count). The van der Waals surface area contributed by atoms with Crippen LogP contribution < -0.4 is 0 Å². The molecule has 0 aliphatic heterocycles. The Balaban J connectivity index is 2.24. The van der Waals surface area contributed by atoms with Gasteiger partial charge < -0.3 is 15.1 Å². The van der Waals surface area contributed by atoms with Gasteiger partial charge in [0.2, 0.25) is 5.91 Å². The molecule has 0 aliphatic carbocycles. The maximum atomic E-state index is 12.6. The van der Waals surface area contributed by atoms with Crippen molar-refractivity contribution in [3.8, 4) is 0 Å². The molecule has 0 saturated heterocycles. The van der Waals surface area contributed by atoms with E-state index in [1.54, 1.807) is 18.9 Å². The summed E-state index contributed by atoms with van der Waals surface area (Å²) in [6.45, 7) is 5.66. The number of carbonyl (C=O) groups is 1. The average molecular weight is 330 g/mol. The van der Waals surface area contributed by atoms with E-state index in [9.17, 15) is 15.0 Å². The molecule has 0 atom stereocenters. The molecule has 0 spiro atoms. The number of hydrogen-bond donors (Lipinski definition) is 2. The highest BCUT2D eigenvalue weighted by atomic mass is 16.3. The highest BCUT2D eigenvalue weighted by Gasteiger charge is 2.27. The van der Waals surface area contributed by atoms with E-state index in [-0.39, 0.29) is 25.5 Å². The third-order valence-corrected chi connectivity index (χ3v) is 4.62. The van der Waals surface area contributed by atoms with Crippen LogP contribution in [0.2, 0.25) is 0 Å². The second kappa shape index (κ2) is 7.28. The van der Waals surface area contributed by atoms with Crippen LogP contribution in [0.15, 0.2) is 24.3 Å². The number of carbonyl (C=O) groups excluding carboxylic acids is 1. The normalized spacial score (nSPS) is 11.8. The van der Waals surface area contributed by atoms with Gasteiger partial charge in [0.25, 0.3) is 0 Å². The van der Waals surface area contributed by atoms with Crippen LogP contribution in [0.3, 0.4) is 0 Å². The van der Waals surface area contributed by atoms with Crippen LogP contribution in [-0.2, 0) is 11.2 Å². The number of aliphatic hydroxyl groups is 2. The number of benzene rings is 1. The van der Waals surface area contributed by atoms with Gasteiger partial charge in [-0.15, -0.1) is 0 Å². The van der Waals surface area contributed by atoms with Crippen LogP contribution in [-0.4, -0.2) is 52.8 Å². The number of fused-ring (bicyclic) bond motifs is 1. The molecule has 130 valence electrons.